The van der Waals surface area contributed by atoms with Crippen LogP contribution in [0.3, 0.4) is 0 Å². The molecule has 3 heteroatoms. The van der Waals surface area contributed by atoms with Gasteiger partial charge in [0.05, 0.1) is 12.8 Å². The van der Waals surface area contributed by atoms with Crippen molar-refractivity contribution in [2.24, 2.45) is 4.99 Å². The van der Waals surface area contributed by atoms with Crippen LogP contribution in [0.25, 0.3) is 0 Å². The molecule has 0 saturated carbocycles. The van der Waals surface area contributed by atoms with Crippen LogP contribution in [0.1, 0.15) is 0 Å². The van der Waals surface area contributed by atoms with Gasteiger partial charge < -0.3 is 10.1 Å². The van der Waals surface area contributed by atoms with Gasteiger partial charge in [-0.2, -0.15) is 0 Å². The van der Waals surface area contributed by atoms with Crippen LogP contribution in [-0.2, 0) is 4.74 Å². The predicted octanol–water partition coefficient (Wildman–Crippen LogP) is 0.908. The van der Waals surface area contributed by atoms with E-state index < -0.39 is 0 Å². The average Bonchev–Trinajstić information content (AvgIpc) is 2.00. The fraction of sp³-hybridized carbons (Fsp3) is 0.286. The zero-order valence-corrected chi connectivity index (χ0v) is 6.35. The van der Waals surface area contributed by atoms with E-state index in [1.807, 2.05) is 0 Å². The standard InChI is InChI=1S/C7H12N2O/c1-5-6(8-2)7(9-3)10-4/h5,8H,1,3H2,2,4H3/b7-6-. The zero-order chi connectivity index (χ0) is 7.98. The van der Waals surface area contributed by atoms with Crippen LogP contribution in [0.2, 0.25) is 0 Å². The molecule has 0 aromatic rings. The van der Waals surface area contributed by atoms with Gasteiger partial charge in [-0.3, -0.25) is 0 Å². The minimum Gasteiger partial charge on any atom is -0.480 e. The van der Waals surface area contributed by atoms with Gasteiger partial charge in [0.25, 0.3) is 0 Å². The summed E-state index contributed by atoms with van der Waals surface area (Å²) in [7, 11) is 3.30. The first-order chi connectivity index (χ1) is 4.79. The summed E-state index contributed by atoms with van der Waals surface area (Å²) in [4.78, 5) is 3.62. The Morgan fingerprint density at radius 3 is 2.40 bits per heavy atom. The number of nitrogens with one attached hydrogen (secondary N) is 1. The molecule has 0 radical (unpaired) electrons. The number of methoxy groups -OCH3 is 1. The second-order valence-corrected chi connectivity index (χ2v) is 1.54. The number of aliphatic imine (C=N–C) groups is 1. The molecule has 0 unspecified atom stereocenters. The SMILES string of the molecule is C=C/C(NC)=C(\N=C)OC. The molecule has 0 aliphatic heterocycles. The lowest BCUT2D eigenvalue weighted by Crippen LogP contribution is -2.06. The lowest BCUT2D eigenvalue weighted by Gasteiger charge is -2.04. The van der Waals surface area contributed by atoms with Gasteiger partial charge in [0.1, 0.15) is 0 Å². The van der Waals surface area contributed by atoms with Gasteiger partial charge in [-0.05, 0) is 12.8 Å². The molecule has 1 N–H and O–H groups in total. The summed E-state index contributed by atoms with van der Waals surface area (Å²) in [5.41, 5.74) is 0.734. The van der Waals surface area contributed by atoms with Gasteiger partial charge in [0.15, 0.2) is 0 Å². The molecule has 0 aliphatic rings. The van der Waals surface area contributed by atoms with Crippen molar-refractivity contribution in [2.45, 2.75) is 0 Å². The van der Waals surface area contributed by atoms with Crippen molar-refractivity contribution in [3.8, 4) is 0 Å². The van der Waals surface area contributed by atoms with Crippen molar-refractivity contribution in [1.29, 1.82) is 0 Å². The maximum Gasteiger partial charge on any atom is 0.236 e. The molecule has 0 bridgehead atoms. The third kappa shape index (κ3) is 1.93. The summed E-state index contributed by atoms with van der Waals surface area (Å²) in [5.74, 6) is 0.456. The van der Waals surface area contributed by atoms with Gasteiger partial charge in [0.2, 0.25) is 5.88 Å². The molecule has 0 atom stereocenters. The number of likely N-dealkylation sites (N-methyl/N-ethyl adjacent to an activating group) is 1. The Morgan fingerprint density at radius 2 is 2.30 bits per heavy atom. The van der Waals surface area contributed by atoms with Gasteiger partial charge >= 0.3 is 0 Å². The first-order valence-electron chi connectivity index (χ1n) is 2.85. The Balaban J connectivity index is 4.50. The minimum absolute atomic E-state index is 0.456. The molecule has 0 rings (SSSR count). The molecular formula is C7H12N2O. The topological polar surface area (TPSA) is 33.6 Å². The third-order valence-electron chi connectivity index (χ3n) is 1.04. The Hall–Kier alpha value is -1.25. The smallest absolute Gasteiger partial charge is 0.236 e. The molecule has 3 nitrogen and oxygen atoms in total. The van der Waals surface area contributed by atoms with E-state index in [4.69, 9.17) is 4.74 Å². The van der Waals surface area contributed by atoms with E-state index in [0.717, 1.165) is 5.70 Å². The van der Waals surface area contributed by atoms with Crippen molar-refractivity contribution in [3.63, 3.8) is 0 Å². The number of hydrogen-bond donors (Lipinski definition) is 1. The molecule has 0 aliphatic carbocycles. The van der Waals surface area contributed by atoms with E-state index >= 15 is 0 Å². The maximum absolute atomic E-state index is 4.86. The number of ether oxygens (including phenoxy) is 1. The predicted molar refractivity (Wildman–Crippen MR) is 42.8 cm³/mol. The van der Waals surface area contributed by atoms with Gasteiger partial charge in [-0.15, -0.1) is 0 Å². The van der Waals surface area contributed by atoms with Crippen molar-refractivity contribution in [3.05, 3.63) is 24.2 Å². The van der Waals surface area contributed by atoms with Crippen molar-refractivity contribution < 1.29 is 4.74 Å². The minimum atomic E-state index is 0.456. The Morgan fingerprint density at radius 1 is 1.70 bits per heavy atom. The van der Waals surface area contributed by atoms with Crippen LogP contribution in [0.4, 0.5) is 0 Å². The number of allylic oxidation sites excluding steroid dienone is 1. The second kappa shape index (κ2) is 4.61. The number of hydrogen-bond acceptors (Lipinski definition) is 3. The maximum atomic E-state index is 4.86. The highest BCUT2D eigenvalue weighted by molar-refractivity contribution is 5.30. The van der Waals surface area contributed by atoms with Crippen molar-refractivity contribution in [2.75, 3.05) is 14.2 Å². The summed E-state index contributed by atoms with van der Waals surface area (Å²) < 4.78 is 4.86. The van der Waals surface area contributed by atoms with Gasteiger partial charge in [0, 0.05) is 7.05 Å². The number of nitrogens with zero attached hydrogens (tertiary/aromatic N) is 1. The van der Waals surface area contributed by atoms with E-state index in [9.17, 15) is 0 Å². The van der Waals surface area contributed by atoms with Crippen molar-refractivity contribution in [1.82, 2.24) is 5.32 Å². The third-order valence-corrected chi connectivity index (χ3v) is 1.04. The Labute approximate surface area is 61.1 Å². The monoisotopic (exact) mass is 140 g/mol. The average molecular weight is 140 g/mol. The molecule has 0 aromatic heterocycles. The molecule has 0 amide bonds. The van der Waals surface area contributed by atoms with Crippen LogP contribution in [-0.4, -0.2) is 20.9 Å². The van der Waals surface area contributed by atoms with Crippen LogP contribution in [0, 0.1) is 0 Å². The largest absolute Gasteiger partial charge is 0.480 e. The molecule has 0 fully saturated rings. The first-order valence-corrected chi connectivity index (χ1v) is 2.85. The lowest BCUT2D eigenvalue weighted by atomic mass is 10.4. The molecular weight excluding hydrogens is 128 g/mol. The second-order valence-electron chi connectivity index (χ2n) is 1.54. The highest BCUT2D eigenvalue weighted by Gasteiger charge is 1.96. The highest BCUT2D eigenvalue weighted by atomic mass is 16.5. The normalized spacial score (nSPS) is 11.4. The summed E-state index contributed by atoms with van der Waals surface area (Å²) in [6.07, 6.45) is 1.62. The van der Waals surface area contributed by atoms with Crippen molar-refractivity contribution >= 4 is 6.72 Å². The van der Waals surface area contributed by atoms with Gasteiger partial charge in [-0.1, -0.05) is 6.58 Å². The molecule has 0 spiro atoms. The van der Waals surface area contributed by atoms with Gasteiger partial charge in [-0.25, -0.2) is 4.99 Å². The Bertz CT molecular complexity index is 143. The summed E-state index contributed by atoms with van der Waals surface area (Å²) in [5, 5.41) is 2.86. The van der Waals surface area contributed by atoms with Crippen LogP contribution >= 0.6 is 0 Å². The fourth-order valence-corrected chi connectivity index (χ4v) is 0.556. The van der Waals surface area contributed by atoms with Crippen LogP contribution in [0.5, 0.6) is 0 Å². The van der Waals surface area contributed by atoms with E-state index in [2.05, 4.69) is 23.6 Å². The summed E-state index contributed by atoms with van der Waals surface area (Å²) in [6, 6.07) is 0. The summed E-state index contributed by atoms with van der Waals surface area (Å²) in [6.45, 7) is 6.89. The molecule has 0 heterocycles. The van der Waals surface area contributed by atoms with E-state index in [-0.39, 0.29) is 0 Å². The van der Waals surface area contributed by atoms with E-state index in [1.54, 1.807) is 13.1 Å². The molecule has 10 heavy (non-hydrogen) atoms. The summed E-state index contributed by atoms with van der Waals surface area (Å²) >= 11 is 0. The van der Waals surface area contributed by atoms with E-state index in [0.29, 0.717) is 5.88 Å². The molecule has 56 valence electrons. The highest BCUT2D eigenvalue weighted by Crippen LogP contribution is 2.02. The first kappa shape index (κ1) is 8.75. The molecule has 0 saturated heterocycles. The Kier molecular flexibility index (Phi) is 4.04. The van der Waals surface area contributed by atoms with Crippen LogP contribution in [0.15, 0.2) is 29.2 Å². The van der Waals surface area contributed by atoms with E-state index in [1.165, 1.54) is 7.11 Å². The number of rotatable bonds is 4. The fourth-order valence-electron chi connectivity index (χ4n) is 0.556. The molecule has 0 aromatic carbocycles. The zero-order valence-electron chi connectivity index (χ0n) is 6.35. The quantitative estimate of drug-likeness (QED) is 0.357. The van der Waals surface area contributed by atoms with Crippen LogP contribution < -0.4 is 5.32 Å². The lowest BCUT2D eigenvalue weighted by molar-refractivity contribution is 0.283.